The molecule has 2 N–H and O–H groups in total. The Morgan fingerprint density at radius 1 is 1.31 bits per heavy atom. The Balaban J connectivity index is 2.37. The SMILES string of the molecule is Cn1c(CCN)cnc1-c1ccc(F)cc1. The van der Waals surface area contributed by atoms with Crippen LogP contribution in [0.1, 0.15) is 5.69 Å². The predicted molar refractivity (Wildman–Crippen MR) is 61.4 cm³/mol. The van der Waals surface area contributed by atoms with E-state index >= 15 is 0 Å². The van der Waals surface area contributed by atoms with Crippen molar-refractivity contribution in [2.45, 2.75) is 6.42 Å². The molecule has 84 valence electrons. The molecule has 0 bridgehead atoms. The van der Waals surface area contributed by atoms with E-state index < -0.39 is 0 Å². The van der Waals surface area contributed by atoms with Gasteiger partial charge in [0.25, 0.3) is 0 Å². The van der Waals surface area contributed by atoms with Crippen LogP contribution in [0.3, 0.4) is 0 Å². The van der Waals surface area contributed by atoms with Crippen LogP contribution in [-0.2, 0) is 13.5 Å². The standard InChI is InChI=1S/C12H14FN3/c1-16-11(6-7-14)8-15-12(16)9-2-4-10(13)5-3-9/h2-5,8H,6-7,14H2,1H3. The first kappa shape index (κ1) is 10.8. The van der Waals surface area contributed by atoms with E-state index in [9.17, 15) is 4.39 Å². The van der Waals surface area contributed by atoms with Gasteiger partial charge in [0.15, 0.2) is 0 Å². The Kier molecular flexibility index (Phi) is 3.01. The van der Waals surface area contributed by atoms with Crippen molar-refractivity contribution in [3.63, 3.8) is 0 Å². The van der Waals surface area contributed by atoms with Gasteiger partial charge in [-0.05, 0) is 30.8 Å². The Morgan fingerprint density at radius 3 is 2.62 bits per heavy atom. The van der Waals surface area contributed by atoms with Gasteiger partial charge in [0.05, 0.1) is 0 Å². The minimum atomic E-state index is -0.236. The topological polar surface area (TPSA) is 43.8 Å². The average molecular weight is 219 g/mol. The predicted octanol–water partition coefficient (Wildman–Crippen LogP) is 1.73. The van der Waals surface area contributed by atoms with Crippen LogP contribution >= 0.6 is 0 Å². The molecule has 2 aromatic rings. The van der Waals surface area contributed by atoms with Crippen molar-refractivity contribution < 1.29 is 4.39 Å². The summed E-state index contributed by atoms with van der Waals surface area (Å²) in [5.74, 6) is 0.601. The largest absolute Gasteiger partial charge is 0.331 e. The summed E-state index contributed by atoms with van der Waals surface area (Å²) in [6.07, 6.45) is 2.61. The average Bonchev–Trinajstić information content (AvgIpc) is 2.63. The first-order valence-electron chi connectivity index (χ1n) is 5.19. The number of hydrogen-bond donors (Lipinski definition) is 1. The molecule has 4 heteroatoms. The van der Waals surface area contributed by atoms with Gasteiger partial charge < -0.3 is 10.3 Å². The van der Waals surface area contributed by atoms with Crippen LogP contribution in [0.25, 0.3) is 11.4 Å². The lowest BCUT2D eigenvalue weighted by Crippen LogP contribution is -2.07. The lowest BCUT2D eigenvalue weighted by Gasteiger charge is -2.05. The van der Waals surface area contributed by atoms with E-state index in [1.807, 2.05) is 17.8 Å². The lowest BCUT2D eigenvalue weighted by atomic mass is 10.2. The molecule has 0 aliphatic carbocycles. The molecule has 0 aliphatic heterocycles. The highest BCUT2D eigenvalue weighted by atomic mass is 19.1. The van der Waals surface area contributed by atoms with Gasteiger partial charge >= 0.3 is 0 Å². The van der Waals surface area contributed by atoms with Crippen LogP contribution in [-0.4, -0.2) is 16.1 Å². The van der Waals surface area contributed by atoms with Crippen LogP contribution in [0.4, 0.5) is 4.39 Å². The number of aromatic nitrogens is 2. The van der Waals surface area contributed by atoms with Crippen molar-refractivity contribution in [2.75, 3.05) is 6.54 Å². The number of imidazole rings is 1. The summed E-state index contributed by atoms with van der Waals surface area (Å²) in [7, 11) is 1.94. The zero-order valence-corrected chi connectivity index (χ0v) is 9.15. The maximum Gasteiger partial charge on any atom is 0.139 e. The van der Waals surface area contributed by atoms with E-state index in [2.05, 4.69) is 4.98 Å². The highest BCUT2D eigenvalue weighted by molar-refractivity contribution is 5.55. The number of nitrogens with two attached hydrogens (primary N) is 1. The number of halogens is 1. The molecule has 3 nitrogen and oxygen atoms in total. The summed E-state index contributed by atoms with van der Waals surface area (Å²) < 4.78 is 14.8. The zero-order chi connectivity index (χ0) is 11.5. The minimum Gasteiger partial charge on any atom is -0.331 e. The van der Waals surface area contributed by atoms with Gasteiger partial charge in [-0.25, -0.2) is 9.37 Å². The number of benzene rings is 1. The van der Waals surface area contributed by atoms with Crippen LogP contribution in [0.5, 0.6) is 0 Å². The molecule has 16 heavy (non-hydrogen) atoms. The third kappa shape index (κ3) is 1.97. The highest BCUT2D eigenvalue weighted by Gasteiger charge is 2.07. The maximum absolute atomic E-state index is 12.8. The van der Waals surface area contributed by atoms with Gasteiger partial charge in [0.1, 0.15) is 11.6 Å². The fraction of sp³-hybridized carbons (Fsp3) is 0.250. The third-order valence-corrected chi connectivity index (χ3v) is 2.59. The van der Waals surface area contributed by atoms with E-state index in [1.165, 1.54) is 12.1 Å². The van der Waals surface area contributed by atoms with Gasteiger partial charge in [0, 0.05) is 30.9 Å². The van der Waals surface area contributed by atoms with Gasteiger partial charge in [-0.3, -0.25) is 0 Å². The summed E-state index contributed by atoms with van der Waals surface area (Å²) >= 11 is 0. The molecule has 0 radical (unpaired) electrons. The molecule has 0 fully saturated rings. The van der Waals surface area contributed by atoms with E-state index in [0.717, 1.165) is 23.5 Å². The minimum absolute atomic E-state index is 0.236. The molecule has 0 atom stereocenters. The van der Waals surface area contributed by atoms with Gasteiger partial charge in [0.2, 0.25) is 0 Å². The van der Waals surface area contributed by atoms with Crippen molar-refractivity contribution in [1.29, 1.82) is 0 Å². The van der Waals surface area contributed by atoms with Crippen molar-refractivity contribution >= 4 is 0 Å². The highest BCUT2D eigenvalue weighted by Crippen LogP contribution is 2.18. The molecule has 1 heterocycles. The van der Waals surface area contributed by atoms with Crippen LogP contribution in [0, 0.1) is 5.82 Å². The van der Waals surface area contributed by atoms with Crippen molar-refractivity contribution in [2.24, 2.45) is 12.8 Å². The number of rotatable bonds is 3. The van der Waals surface area contributed by atoms with Crippen LogP contribution < -0.4 is 5.73 Å². The summed E-state index contributed by atoms with van der Waals surface area (Å²) in [6.45, 7) is 0.600. The molecule has 0 unspecified atom stereocenters. The fourth-order valence-electron chi connectivity index (χ4n) is 1.69. The molecule has 0 saturated carbocycles. The van der Waals surface area contributed by atoms with Crippen LogP contribution in [0.2, 0.25) is 0 Å². The normalized spacial score (nSPS) is 10.7. The lowest BCUT2D eigenvalue weighted by molar-refractivity contribution is 0.628. The second-order valence-electron chi connectivity index (χ2n) is 3.68. The van der Waals surface area contributed by atoms with Gasteiger partial charge in [-0.2, -0.15) is 0 Å². The second-order valence-corrected chi connectivity index (χ2v) is 3.68. The first-order chi connectivity index (χ1) is 7.72. The number of hydrogen-bond acceptors (Lipinski definition) is 2. The second kappa shape index (κ2) is 4.45. The van der Waals surface area contributed by atoms with Crippen molar-refractivity contribution in [3.8, 4) is 11.4 Å². The Hall–Kier alpha value is -1.68. The van der Waals surface area contributed by atoms with Crippen molar-refractivity contribution in [1.82, 2.24) is 9.55 Å². The van der Waals surface area contributed by atoms with E-state index in [4.69, 9.17) is 5.73 Å². The molecular formula is C12H14FN3. The summed E-state index contributed by atoms with van der Waals surface area (Å²) in [5.41, 5.74) is 7.50. The van der Waals surface area contributed by atoms with Crippen molar-refractivity contribution in [3.05, 3.63) is 42.0 Å². The maximum atomic E-state index is 12.8. The molecule has 1 aromatic carbocycles. The van der Waals surface area contributed by atoms with E-state index in [0.29, 0.717) is 6.54 Å². The Morgan fingerprint density at radius 2 is 2.00 bits per heavy atom. The fourth-order valence-corrected chi connectivity index (χ4v) is 1.69. The summed E-state index contributed by atoms with van der Waals surface area (Å²) in [4.78, 5) is 4.32. The third-order valence-electron chi connectivity index (χ3n) is 2.59. The zero-order valence-electron chi connectivity index (χ0n) is 9.15. The van der Waals surface area contributed by atoms with E-state index in [-0.39, 0.29) is 5.82 Å². The molecule has 0 aliphatic rings. The molecule has 1 aromatic heterocycles. The molecule has 0 saturated heterocycles. The summed E-state index contributed by atoms with van der Waals surface area (Å²) in [5, 5.41) is 0. The summed E-state index contributed by atoms with van der Waals surface area (Å²) in [6, 6.07) is 6.33. The first-order valence-corrected chi connectivity index (χ1v) is 5.19. The van der Waals surface area contributed by atoms with Gasteiger partial charge in [-0.1, -0.05) is 0 Å². The smallest absolute Gasteiger partial charge is 0.139 e. The number of nitrogens with zero attached hydrogens (tertiary/aromatic N) is 2. The molecule has 2 rings (SSSR count). The Bertz CT molecular complexity index is 474. The molecule has 0 amide bonds. The molecule has 0 spiro atoms. The van der Waals surface area contributed by atoms with E-state index in [1.54, 1.807) is 12.1 Å². The van der Waals surface area contributed by atoms with Crippen LogP contribution in [0.15, 0.2) is 30.5 Å². The quantitative estimate of drug-likeness (QED) is 0.854. The Labute approximate surface area is 93.7 Å². The molecular weight excluding hydrogens is 205 g/mol. The monoisotopic (exact) mass is 219 g/mol. The van der Waals surface area contributed by atoms with Gasteiger partial charge in [-0.15, -0.1) is 0 Å².